The minimum atomic E-state index is -1.58. The van der Waals surface area contributed by atoms with Crippen molar-refractivity contribution in [2.45, 2.75) is 0 Å². The number of allylic oxidation sites excluding steroid dienone is 1. The maximum absolute atomic E-state index is 12.2. The number of nitrogens with zero attached hydrogens (tertiary/aromatic N) is 1. The van der Waals surface area contributed by atoms with Crippen LogP contribution in [-0.4, -0.2) is 43.1 Å². The molecule has 1 heterocycles. The lowest BCUT2D eigenvalue weighted by atomic mass is 10.0. The Hall–Kier alpha value is -3.68. The first-order chi connectivity index (χ1) is 11.3. The summed E-state index contributed by atoms with van der Waals surface area (Å²) in [5.74, 6) is -4.60. The van der Waals surface area contributed by atoms with Crippen LogP contribution in [0.5, 0.6) is 11.5 Å². The van der Waals surface area contributed by atoms with Crippen molar-refractivity contribution < 1.29 is 34.8 Å². The molecule has 0 saturated carbocycles. The average molecular weight is 329 g/mol. The molecule has 0 fully saturated rings. The van der Waals surface area contributed by atoms with Gasteiger partial charge in [0, 0.05) is 11.8 Å². The number of aromatic nitrogens is 1. The van der Waals surface area contributed by atoms with Crippen LogP contribution in [0.15, 0.2) is 36.5 Å². The Kier molecular flexibility index (Phi) is 4.60. The highest BCUT2D eigenvalue weighted by Gasteiger charge is 2.24. The van der Waals surface area contributed by atoms with Gasteiger partial charge in [-0.3, -0.25) is 4.79 Å². The molecular weight excluding hydrogens is 318 g/mol. The Morgan fingerprint density at radius 2 is 1.67 bits per heavy atom. The van der Waals surface area contributed by atoms with Crippen molar-refractivity contribution in [2.75, 3.05) is 0 Å². The largest absolute Gasteiger partial charge is 0.504 e. The van der Waals surface area contributed by atoms with Crippen LogP contribution in [0, 0.1) is 0 Å². The molecule has 24 heavy (non-hydrogen) atoms. The minimum absolute atomic E-state index is 0.325. The van der Waals surface area contributed by atoms with Crippen molar-refractivity contribution in [2.24, 2.45) is 0 Å². The molecule has 0 unspecified atom stereocenters. The van der Waals surface area contributed by atoms with Gasteiger partial charge in [-0.15, -0.1) is 0 Å². The summed E-state index contributed by atoms with van der Waals surface area (Å²) in [4.78, 5) is 38.0. The molecule has 122 valence electrons. The van der Waals surface area contributed by atoms with E-state index in [1.54, 1.807) is 0 Å². The number of phenolic OH excluding ortho intramolecular Hbond substituents is 2. The molecule has 1 aromatic carbocycles. The Labute approximate surface area is 135 Å². The number of hydrogen-bond donors (Lipinski definition) is 4. The van der Waals surface area contributed by atoms with Gasteiger partial charge in [0.2, 0.25) is 0 Å². The number of carboxylic acids is 2. The molecule has 0 atom stereocenters. The van der Waals surface area contributed by atoms with Crippen LogP contribution in [0.1, 0.15) is 36.8 Å². The van der Waals surface area contributed by atoms with Crippen molar-refractivity contribution in [3.63, 3.8) is 0 Å². The van der Waals surface area contributed by atoms with Crippen molar-refractivity contribution >= 4 is 23.8 Å². The zero-order valence-electron chi connectivity index (χ0n) is 12.0. The summed E-state index contributed by atoms with van der Waals surface area (Å²) in [5, 5.41) is 36.7. The topological polar surface area (TPSA) is 145 Å². The molecule has 2 aromatic rings. The standard InChI is InChI=1S/C16H11NO7/c18-10(3-1-8-2-4-11(19)12(20)7-8)9-5-6-17-14(16(23)24)13(9)15(21)22/h1-7,19-20H,(H,21,22)(H,23,24). The van der Waals surface area contributed by atoms with Crippen molar-refractivity contribution in [3.05, 3.63) is 58.9 Å². The van der Waals surface area contributed by atoms with E-state index in [-0.39, 0.29) is 17.1 Å². The van der Waals surface area contributed by atoms with Gasteiger partial charge in [0.1, 0.15) is 5.56 Å². The molecule has 2 rings (SSSR count). The van der Waals surface area contributed by atoms with Crippen molar-refractivity contribution in [1.29, 1.82) is 0 Å². The third-order valence-electron chi connectivity index (χ3n) is 3.06. The number of pyridine rings is 1. The lowest BCUT2D eigenvalue weighted by Crippen LogP contribution is -2.15. The molecule has 0 aliphatic rings. The SMILES string of the molecule is O=C(C=Cc1ccc(O)c(O)c1)c1ccnc(C(=O)O)c1C(=O)O. The van der Waals surface area contributed by atoms with Crippen LogP contribution in [-0.2, 0) is 0 Å². The predicted molar refractivity (Wildman–Crippen MR) is 81.3 cm³/mol. The number of ketones is 1. The highest BCUT2D eigenvalue weighted by Crippen LogP contribution is 2.25. The van der Waals surface area contributed by atoms with E-state index in [1.807, 2.05) is 0 Å². The van der Waals surface area contributed by atoms with E-state index in [0.717, 1.165) is 18.3 Å². The quantitative estimate of drug-likeness (QED) is 0.369. The molecule has 0 spiro atoms. The number of rotatable bonds is 5. The van der Waals surface area contributed by atoms with Gasteiger partial charge in [0.05, 0.1) is 0 Å². The summed E-state index contributed by atoms with van der Waals surface area (Å²) in [7, 11) is 0. The molecule has 0 radical (unpaired) electrons. The second-order valence-corrected chi connectivity index (χ2v) is 4.64. The monoisotopic (exact) mass is 329 g/mol. The lowest BCUT2D eigenvalue weighted by Gasteiger charge is -2.05. The third kappa shape index (κ3) is 3.38. The first kappa shape index (κ1) is 16.7. The van der Waals surface area contributed by atoms with E-state index in [9.17, 15) is 24.6 Å². The van der Waals surface area contributed by atoms with E-state index in [2.05, 4.69) is 4.98 Å². The molecular formula is C16H11NO7. The zero-order valence-corrected chi connectivity index (χ0v) is 12.0. The summed E-state index contributed by atoms with van der Waals surface area (Å²) in [6.45, 7) is 0. The zero-order chi connectivity index (χ0) is 17.9. The van der Waals surface area contributed by atoms with Crippen molar-refractivity contribution in [3.8, 4) is 11.5 Å². The Morgan fingerprint density at radius 1 is 0.958 bits per heavy atom. The Balaban J connectivity index is 2.41. The summed E-state index contributed by atoms with van der Waals surface area (Å²) < 4.78 is 0. The molecule has 0 bridgehead atoms. The van der Waals surface area contributed by atoms with Crippen LogP contribution in [0.2, 0.25) is 0 Å². The number of carbonyl (C=O) groups is 3. The fraction of sp³-hybridized carbons (Fsp3) is 0. The summed E-state index contributed by atoms with van der Waals surface area (Å²) >= 11 is 0. The van der Waals surface area contributed by atoms with Crippen molar-refractivity contribution in [1.82, 2.24) is 4.98 Å². The van der Waals surface area contributed by atoms with Crippen LogP contribution >= 0.6 is 0 Å². The number of carbonyl (C=O) groups excluding carboxylic acids is 1. The minimum Gasteiger partial charge on any atom is -0.504 e. The first-order valence-corrected chi connectivity index (χ1v) is 6.51. The Bertz CT molecular complexity index is 871. The van der Waals surface area contributed by atoms with Crippen LogP contribution in [0.25, 0.3) is 6.08 Å². The van der Waals surface area contributed by atoms with Gasteiger partial charge in [-0.2, -0.15) is 0 Å². The van der Waals surface area contributed by atoms with E-state index < -0.39 is 29.0 Å². The smallest absolute Gasteiger partial charge is 0.355 e. The maximum Gasteiger partial charge on any atom is 0.355 e. The highest BCUT2D eigenvalue weighted by molar-refractivity contribution is 6.15. The maximum atomic E-state index is 12.2. The van der Waals surface area contributed by atoms with E-state index in [0.29, 0.717) is 5.56 Å². The van der Waals surface area contributed by atoms with Crippen LogP contribution in [0.4, 0.5) is 0 Å². The number of aromatic carboxylic acids is 2. The van der Waals surface area contributed by atoms with Gasteiger partial charge in [0.15, 0.2) is 23.0 Å². The molecule has 0 aliphatic carbocycles. The summed E-state index contributed by atoms with van der Waals surface area (Å²) in [6.07, 6.45) is 3.34. The molecule has 0 amide bonds. The molecule has 1 aromatic heterocycles. The van der Waals surface area contributed by atoms with Crippen LogP contribution in [0.3, 0.4) is 0 Å². The molecule has 8 heteroatoms. The fourth-order valence-corrected chi connectivity index (χ4v) is 1.95. The molecule has 4 N–H and O–H groups in total. The van der Waals surface area contributed by atoms with Gasteiger partial charge in [-0.25, -0.2) is 14.6 Å². The number of aromatic hydroxyl groups is 2. The predicted octanol–water partition coefficient (Wildman–Crippen LogP) is 1.79. The molecule has 0 saturated heterocycles. The normalized spacial score (nSPS) is 10.7. The van der Waals surface area contributed by atoms with E-state index in [4.69, 9.17) is 10.2 Å². The lowest BCUT2D eigenvalue weighted by molar-refractivity contribution is 0.0644. The number of benzene rings is 1. The average Bonchev–Trinajstić information content (AvgIpc) is 2.54. The van der Waals surface area contributed by atoms with Gasteiger partial charge >= 0.3 is 11.9 Å². The van der Waals surface area contributed by atoms with Gasteiger partial charge in [-0.1, -0.05) is 12.1 Å². The molecule has 0 aliphatic heterocycles. The number of carboxylic acid groups (broad SMARTS) is 2. The number of hydrogen-bond acceptors (Lipinski definition) is 6. The third-order valence-corrected chi connectivity index (χ3v) is 3.06. The fourth-order valence-electron chi connectivity index (χ4n) is 1.95. The second-order valence-electron chi connectivity index (χ2n) is 4.64. The Morgan fingerprint density at radius 3 is 2.25 bits per heavy atom. The second kappa shape index (κ2) is 6.61. The van der Waals surface area contributed by atoms with E-state index >= 15 is 0 Å². The first-order valence-electron chi connectivity index (χ1n) is 6.51. The van der Waals surface area contributed by atoms with Gasteiger partial charge < -0.3 is 20.4 Å². The summed E-state index contributed by atoms with van der Waals surface area (Å²) in [6, 6.07) is 4.95. The number of phenols is 2. The summed E-state index contributed by atoms with van der Waals surface area (Å²) in [5.41, 5.74) is -1.38. The van der Waals surface area contributed by atoms with Crippen LogP contribution < -0.4 is 0 Å². The van der Waals surface area contributed by atoms with E-state index in [1.165, 1.54) is 24.3 Å². The van der Waals surface area contributed by atoms with Gasteiger partial charge in [0.25, 0.3) is 0 Å². The van der Waals surface area contributed by atoms with Gasteiger partial charge in [-0.05, 0) is 29.8 Å². The highest BCUT2D eigenvalue weighted by atomic mass is 16.4. The molecule has 8 nitrogen and oxygen atoms in total.